The van der Waals surface area contributed by atoms with Crippen LogP contribution in [0, 0.1) is 5.92 Å². The molecule has 0 unspecified atom stereocenters. The van der Waals surface area contributed by atoms with Gasteiger partial charge in [-0.25, -0.2) is 0 Å². The van der Waals surface area contributed by atoms with Gasteiger partial charge in [-0.05, 0) is 45.6 Å². The Morgan fingerprint density at radius 3 is 2.20 bits per heavy atom. The van der Waals surface area contributed by atoms with E-state index >= 15 is 0 Å². The third-order valence-electron chi connectivity index (χ3n) is 3.71. The largest absolute Gasteiger partial charge is 0.312 e. The van der Waals surface area contributed by atoms with Crippen molar-refractivity contribution in [2.45, 2.75) is 77.7 Å². The number of unbranched alkanes of at least 4 members (excludes halogenated alkanes) is 5. The van der Waals surface area contributed by atoms with Crippen molar-refractivity contribution in [2.75, 3.05) is 6.54 Å². The fourth-order valence-electron chi connectivity index (χ4n) is 2.27. The van der Waals surface area contributed by atoms with E-state index in [0.717, 1.165) is 5.92 Å². The van der Waals surface area contributed by atoms with Crippen LogP contribution in [0.2, 0.25) is 0 Å². The van der Waals surface area contributed by atoms with Gasteiger partial charge in [-0.1, -0.05) is 39.0 Å². The monoisotopic (exact) mass is 211 g/mol. The molecule has 0 heterocycles. The van der Waals surface area contributed by atoms with Crippen molar-refractivity contribution in [3.05, 3.63) is 0 Å². The molecule has 1 aliphatic rings. The van der Waals surface area contributed by atoms with Gasteiger partial charge < -0.3 is 5.32 Å². The first-order valence-electron chi connectivity index (χ1n) is 6.92. The van der Waals surface area contributed by atoms with Crippen molar-refractivity contribution >= 4 is 0 Å². The minimum absolute atomic E-state index is 0.406. The Balaban J connectivity index is 1.88. The van der Waals surface area contributed by atoms with Crippen LogP contribution in [0.4, 0.5) is 0 Å². The third-order valence-corrected chi connectivity index (χ3v) is 3.71. The molecule has 0 aromatic rings. The molecule has 1 rings (SSSR count). The highest BCUT2D eigenvalue weighted by Gasteiger charge is 2.36. The molecule has 0 atom stereocenters. The van der Waals surface area contributed by atoms with E-state index in [4.69, 9.17) is 0 Å². The molecule has 15 heavy (non-hydrogen) atoms. The minimum atomic E-state index is 0.406. The van der Waals surface area contributed by atoms with Crippen molar-refractivity contribution in [1.29, 1.82) is 0 Å². The zero-order valence-corrected chi connectivity index (χ0v) is 10.9. The number of hydrogen-bond donors (Lipinski definition) is 1. The summed E-state index contributed by atoms with van der Waals surface area (Å²) in [5, 5.41) is 3.71. The maximum absolute atomic E-state index is 3.71. The molecule has 90 valence electrons. The predicted molar refractivity (Wildman–Crippen MR) is 68.2 cm³/mol. The van der Waals surface area contributed by atoms with Crippen LogP contribution >= 0.6 is 0 Å². The van der Waals surface area contributed by atoms with Crippen LogP contribution in [0.5, 0.6) is 0 Å². The number of rotatable bonds is 9. The molecular formula is C14H29N. The normalized spacial score (nSPS) is 17.0. The summed E-state index contributed by atoms with van der Waals surface area (Å²) in [4.78, 5) is 0. The van der Waals surface area contributed by atoms with E-state index in [0.29, 0.717) is 5.54 Å². The highest BCUT2D eigenvalue weighted by molar-refractivity contribution is 4.94. The molecule has 1 fully saturated rings. The van der Waals surface area contributed by atoms with Crippen molar-refractivity contribution in [1.82, 2.24) is 5.32 Å². The van der Waals surface area contributed by atoms with Crippen LogP contribution in [0.1, 0.15) is 72.1 Å². The van der Waals surface area contributed by atoms with Gasteiger partial charge in [-0.15, -0.1) is 0 Å². The van der Waals surface area contributed by atoms with E-state index < -0.39 is 0 Å². The topological polar surface area (TPSA) is 12.0 Å². The Kier molecular flexibility index (Phi) is 5.66. The molecule has 0 saturated heterocycles. The Bertz CT molecular complexity index is 159. The molecule has 0 aromatic heterocycles. The fraction of sp³-hybridized carbons (Fsp3) is 1.00. The van der Waals surface area contributed by atoms with E-state index in [1.54, 1.807) is 0 Å². The highest BCUT2D eigenvalue weighted by Crippen LogP contribution is 2.39. The second kappa shape index (κ2) is 6.52. The molecule has 0 amide bonds. The van der Waals surface area contributed by atoms with Crippen molar-refractivity contribution in [3.63, 3.8) is 0 Å². The fourth-order valence-corrected chi connectivity index (χ4v) is 2.27. The van der Waals surface area contributed by atoms with Crippen LogP contribution in [0.3, 0.4) is 0 Å². The summed E-state index contributed by atoms with van der Waals surface area (Å²) in [5.41, 5.74) is 0.406. The second-order valence-corrected chi connectivity index (χ2v) is 5.69. The van der Waals surface area contributed by atoms with Gasteiger partial charge in [-0.3, -0.25) is 0 Å². The van der Waals surface area contributed by atoms with Gasteiger partial charge in [0, 0.05) is 5.54 Å². The Morgan fingerprint density at radius 2 is 1.60 bits per heavy atom. The van der Waals surface area contributed by atoms with Gasteiger partial charge in [0.1, 0.15) is 0 Å². The van der Waals surface area contributed by atoms with Crippen molar-refractivity contribution < 1.29 is 0 Å². The maximum Gasteiger partial charge on any atom is 0.0153 e. The molecule has 0 aromatic carbocycles. The Hall–Kier alpha value is -0.0400. The minimum Gasteiger partial charge on any atom is -0.312 e. The van der Waals surface area contributed by atoms with Gasteiger partial charge in [0.2, 0.25) is 0 Å². The summed E-state index contributed by atoms with van der Waals surface area (Å²) in [6.07, 6.45) is 11.3. The van der Waals surface area contributed by atoms with Gasteiger partial charge in [0.05, 0.1) is 0 Å². The lowest BCUT2D eigenvalue weighted by molar-refractivity contribution is 0.337. The molecule has 0 radical (unpaired) electrons. The number of hydrogen-bond acceptors (Lipinski definition) is 1. The van der Waals surface area contributed by atoms with E-state index in [1.807, 2.05) is 0 Å². The standard InChI is InChI=1S/C14H29N/c1-4-5-6-7-8-9-12-15-14(2,3)13-10-11-13/h13,15H,4-12H2,1-3H3. The first-order valence-corrected chi connectivity index (χ1v) is 6.92. The summed E-state index contributed by atoms with van der Waals surface area (Å²) in [6.45, 7) is 8.22. The zero-order chi connectivity index (χ0) is 11.1. The molecule has 0 bridgehead atoms. The quantitative estimate of drug-likeness (QED) is 0.566. The molecule has 1 saturated carbocycles. The molecule has 0 spiro atoms. The third kappa shape index (κ3) is 5.55. The van der Waals surface area contributed by atoms with Crippen LogP contribution in [-0.4, -0.2) is 12.1 Å². The van der Waals surface area contributed by atoms with E-state index in [1.165, 1.54) is 57.9 Å². The summed E-state index contributed by atoms with van der Waals surface area (Å²) >= 11 is 0. The molecule has 1 N–H and O–H groups in total. The summed E-state index contributed by atoms with van der Waals surface area (Å²) in [7, 11) is 0. The lowest BCUT2D eigenvalue weighted by Crippen LogP contribution is -2.41. The van der Waals surface area contributed by atoms with Gasteiger partial charge in [0.25, 0.3) is 0 Å². The van der Waals surface area contributed by atoms with Crippen LogP contribution < -0.4 is 5.32 Å². The average Bonchev–Trinajstić information content (AvgIpc) is 2.99. The number of nitrogens with one attached hydrogen (secondary N) is 1. The van der Waals surface area contributed by atoms with Crippen molar-refractivity contribution in [3.8, 4) is 0 Å². The molecule has 1 aliphatic carbocycles. The Morgan fingerprint density at radius 1 is 1.00 bits per heavy atom. The first kappa shape index (κ1) is 13.0. The summed E-state index contributed by atoms with van der Waals surface area (Å²) < 4.78 is 0. The van der Waals surface area contributed by atoms with E-state index in [9.17, 15) is 0 Å². The lowest BCUT2D eigenvalue weighted by atomic mass is 9.98. The molecule has 1 nitrogen and oxygen atoms in total. The Labute approximate surface area is 96.0 Å². The van der Waals surface area contributed by atoms with Crippen LogP contribution in [-0.2, 0) is 0 Å². The second-order valence-electron chi connectivity index (χ2n) is 5.69. The highest BCUT2D eigenvalue weighted by atomic mass is 15.0. The van der Waals surface area contributed by atoms with Gasteiger partial charge >= 0.3 is 0 Å². The summed E-state index contributed by atoms with van der Waals surface area (Å²) in [6, 6.07) is 0. The SMILES string of the molecule is CCCCCCCCNC(C)(C)C1CC1. The first-order chi connectivity index (χ1) is 7.17. The molecule has 0 aliphatic heterocycles. The molecular weight excluding hydrogens is 182 g/mol. The smallest absolute Gasteiger partial charge is 0.0153 e. The predicted octanol–water partition coefficient (Wildman–Crippen LogP) is 4.13. The van der Waals surface area contributed by atoms with Crippen LogP contribution in [0.15, 0.2) is 0 Å². The lowest BCUT2D eigenvalue weighted by Gasteiger charge is -2.26. The molecule has 1 heteroatoms. The van der Waals surface area contributed by atoms with Crippen LogP contribution in [0.25, 0.3) is 0 Å². The van der Waals surface area contributed by atoms with E-state index in [2.05, 4.69) is 26.1 Å². The van der Waals surface area contributed by atoms with Gasteiger partial charge in [-0.2, -0.15) is 0 Å². The van der Waals surface area contributed by atoms with E-state index in [-0.39, 0.29) is 0 Å². The average molecular weight is 211 g/mol. The van der Waals surface area contributed by atoms with Crippen molar-refractivity contribution in [2.24, 2.45) is 5.92 Å². The maximum atomic E-state index is 3.71. The zero-order valence-electron chi connectivity index (χ0n) is 10.9. The summed E-state index contributed by atoms with van der Waals surface area (Å²) in [5.74, 6) is 0.956. The van der Waals surface area contributed by atoms with Gasteiger partial charge in [0.15, 0.2) is 0 Å².